The van der Waals surface area contributed by atoms with Crippen molar-refractivity contribution in [2.45, 2.75) is 39.7 Å². The van der Waals surface area contributed by atoms with E-state index >= 15 is 0 Å². The molecule has 6 nitrogen and oxygen atoms in total. The minimum atomic E-state index is -0.176. The molecule has 0 aromatic rings. The van der Waals surface area contributed by atoms with Crippen LogP contribution in [-0.2, 0) is 9.53 Å². The smallest absolute Gasteiger partial charge is 0.409 e. The van der Waals surface area contributed by atoms with Crippen molar-refractivity contribution in [1.29, 1.82) is 0 Å². The number of nitrogens with zero attached hydrogens (tertiary/aromatic N) is 3. The van der Waals surface area contributed by atoms with Crippen molar-refractivity contribution in [3.05, 3.63) is 0 Å². The summed E-state index contributed by atoms with van der Waals surface area (Å²) >= 11 is 0. The monoisotopic (exact) mass is 337 g/mol. The number of likely N-dealkylation sites (tertiary alicyclic amines) is 2. The average Bonchev–Trinajstić information content (AvgIpc) is 3.10. The highest BCUT2D eigenvalue weighted by Crippen LogP contribution is 2.53. The lowest BCUT2D eigenvalue weighted by atomic mass is 10.0. The number of ether oxygens (including phenoxy) is 1. The van der Waals surface area contributed by atoms with E-state index in [-0.39, 0.29) is 12.0 Å². The van der Waals surface area contributed by atoms with Crippen LogP contribution in [0.4, 0.5) is 4.79 Å². The molecule has 0 aromatic heterocycles. The molecular weight excluding hydrogens is 306 g/mol. The molecule has 2 saturated heterocycles. The number of amides is 2. The maximum absolute atomic E-state index is 12.5. The van der Waals surface area contributed by atoms with Crippen molar-refractivity contribution in [3.63, 3.8) is 0 Å². The zero-order valence-corrected chi connectivity index (χ0v) is 15.2. The second-order valence-electron chi connectivity index (χ2n) is 7.24. The highest BCUT2D eigenvalue weighted by molar-refractivity contribution is 5.82. The van der Waals surface area contributed by atoms with Gasteiger partial charge in [0.15, 0.2) is 0 Å². The Morgan fingerprint density at radius 3 is 2.12 bits per heavy atom. The fourth-order valence-corrected chi connectivity index (χ4v) is 4.60. The fourth-order valence-electron chi connectivity index (χ4n) is 4.60. The topological polar surface area (TPSA) is 53.1 Å². The Labute approximate surface area is 145 Å². The van der Waals surface area contributed by atoms with E-state index in [2.05, 4.69) is 18.7 Å². The molecule has 24 heavy (non-hydrogen) atoms. The summed E-state index contributed by atoms with van der Waals surface area (Å²) in [6.07, 6.45) is 1.87. The second-order valence-corrected chi connectivity index (χ2v) is 7.24. The first-order valence-electron chi connectivity index (χ1n) is 9.55. The maximum Gasteiger partial charge on any atom is 0.409 e. The van der Waals surface area contributed by atoms with Crippen LogP contribution in [0.2, 0.25) is 0 Å². The number of carbonyl (C=O) groups is 2. The number of hydrogen-bond donors (Lipinski definition) is 0. The quantitative estimate of drug-likeness (QED) is 0.765. The summed E-state index contributed by atoms with van der Waals surface area (Å²) in [5.41, 5.74) is 0. The van der Waals surface area contributed by atoms with Crippen LogP contribution >= 0.6 is 0 Å². The van der Waals surface area contributed by atoms with Crippen LogP contribution in [0.5, 0.6) is 0 Å². The second kappa shape index (κ2) is 7.30. The molecule has 0 aromatic carbocycles. The highest BCUT2D eigenvalue weighted by Gasteiger charge is 2.60. The minimum Gasteiger partial charge on any atom is -0.450 e. The molecule has 0 N–H and O–H groups in total. The third-order valence-electron chi connectivity index (χ3n) is 6.09. The van der Waals surface area contributed by atoms with Crippen molar-refractivity contribution < 1.29 is 14.3 Å². The summed E-state index contributed by atoms with van der Waals surface area (Å²) < 4.78 is 5.08. The number of carbonyl (C=O) groups excluding carboxylic acids is 2. The Hall–Kier alpha value is -1.30. The van der Waals surface area contributed by atoms with Crippen molar-refractivity contribution in [2.75, 3.05) is 45.9 Å². The first kappa shape index (κ1) is 17.5. The van der Waals surface area contributed by atoms with Crippen molar-refractivity contribution in [2.24, 2.45) is 17.8 Å². The number of fused-ring (bicyclic) bond motifs is 1. The van der Waals surface area contributed by atoms with Crippen molar-refractivity contribution >= 4 is 12.0 Å². The number of piperidine rings is 2. The van der Waals surface area contributed by atoms with Gasteiger partial charge in [-0.25, -0.2) is 4.79 Å². The average molecular weight is 337 g/mol. The maximum atomic E-state index is 12.5. The largest absolute Gasteiger partial charge is 0.450 e. The van der Waals surface area contributed by atoms with Crippen molar-refractivity contribution in [1.82, 2.24) is 14.7 Å². The summed E-state index contributed by atoms with van der Waals surface area (Å²) in [6.45, 7) is 11.7. The van der Waals surface area contributed by atoms with E-state index in [1.807, 2.05) is 16.7 Å². The molecule has 136 valence electrons. The van der Waals surface area contributed by atoms with Gasteiger partial charge in [0.1, 0.15) is 0 Å². The third kappa shape index (κ3) is 3.25. The van der Waals surface area contributed by atoms with Crippen LogP contribution in [0.3, 0.4) is 0 Å². The van der Waals surface area contributed by atoms with Gasteiger partial charge in [-0.05, 0) is 45.4 Å². The Bertz CT molecular complexity index is 460. The lowest BCUT2D eigenvalue weighted by Gasteiger charge is -2.37. The molecule has 2 aliphatic heterocycles. The Morgan fingerprint density at radius 2 is 1.62 bits per heavy atom. The zero-order chi connectivity index (χ0) is 17.3. The van der Waals surface area contributed by atoms with E-state index in [0.29, 0.717) is 30.4 Å². The van der Waals surface area contributed by atoms with Crippen LogP contribution in [0.15, 0.2) is 0 Å². The first-order chi connectivity index (χ1) is 11.6. The summed E-state index contributed by atoms with van der Waals surface area (Å²) in [5, 5.41) is 0. The minimum absolute atomic E-state index is 0.176. The molecule has 0 radical (unpaired) electrons. The third-order valence-corrected chi connectivity index (χ3v) is 6.09. The van der Waals surface area contributed by atoms with Crippen LogP contribution in [-0.4, -0.2) is 78.6 Å². The van der Waals surface area contributed by atoms with Gasteiger partial charge in [0.05, 0.1) is 6.61 Å². The van der Waals surface area contributed by atoms with Crippen molar-refractivity contribution in [3.8, 4) is 0 Å². The highest BCUT2D eigenvalue weighted by atomic mass is 16.6. The summed E-state index contributed by atoms with van der Waals surface area (Å²) in [4.78, 5) is 30.6. The van der Waals surface area contributed by atoms with Gasteiger partial charge in [0, 0.05) is 51.2 Å². The Balaban J connectivity index is 1.44. The summed E-state index contributed by atoms with van der Waals surface area (Å²) in [6, 6.07) is 0.563. The zero-order valence-electron chi connectivity index (χ0n) is 15.2. The molecule has 6 heteroatoms. The lowest BCUT2D eigenvalue weighted by molar-refractivity contribution is -0.133. The molecule has 3 fully saturated rings. The van der Waals surface area contributed by atoms with Crippen LogP contribution < -0.4 is 0 Å². The SMILES string of the molecule is CCOC(=O)N1CCC(N2C[C@@H]3[C@H](C2)[C@H]3C(=O)N(CC)CC)CC1. The molecule has 0 bridgehead atoms. The van der Waals surface area contributed by atoms with Gasteiger partial charge in [-0.15, -0.1) is 0 Å². The van der Waals surface area contributed by atoms with E-state index in [0.717, 1.165) is 52.1 Å². The molecule has 0 unspecified atom stereocenters. The standard InChI is InChI=1S/C18H31N3O3/c1-4-19(5-2)17(22)16-14-11-21(12-15(14)16)13-7-9-20(10-8-13)18(23)24-6-3/h13-16H,4-12H2,1-3H3/t14-,15+,16+. The van der Waals surface area contributed by atoms with E-state index in [4.69, 9.17) is 4.74 Å². The van der Waals surface area contributed by atoms with E-state index in [1.165, 1.54) is 0 Å². The Morgan fingerprint density at radius 1 is 1.04 bits per heavy atom. The predicted octanol–water partition coefficient (Wildman–Crippen LogP) is 1.65. The predicted molar refractivity (Wildman–Crippen MR) is 91.6 cm³/mol. The fraction of sp³-hybridized carbons (Fsp3) is 0.889. The van der Waals surface area contributed by atoms with Gasteiger partial charge in [-0.2, -0.15) is 0 Å². The molecule has 3 aliphatic rings. The summed E-state index contributed by atoms with van der Waals surface area (Å²) in [7, 11) is 0. The molecule has 1 saturated carbocycles. The van der Waals surface area contributed by atoms with E-state index in [9.17, 15) is 9.59 Å². The molecule has 1 aliphatic carbocycles. The lowest BCUT2D eigenvalue weighted by Crippen LogP contribution is -2.47. The number of rotatable bonds is 5. The molecule has 2 amide bonds. The van der Waals surface area contributed by atoms with E-state index in [1.54, 1.807) is 0 Å². The van der Waals surface area contributed by atoms with Gasteiger partial charge in [0.2, 0.25) is 5.91 Å². The normalized spacial score (nSPS) is 30.1. The van der Waals surface area contributed by atoms with Gasteiger partial charge in [0.25, 0.3) is 0 Å². The Kier molecular flexibility index (Phi) is 5.33. The van der Waals surface area contributed by atoms with Crippen LogP contribution in [0.25, 0.3) is 0 Å². The van der Waals surface area contributed by atoms with E-state index < -0.39 is 0 Å². The molecule has 2 heterocycles. The molecule has 0 spiro atoms. The van der Waals surface area contributed by atoms with Crippen LogP contribution in [0.1, 0.15) is 33.6 Å². The molecule has 3 rings (SSSR count). The van der Waals surface area contributed by atoms with Gasteiger partial charge < -0.3 is 14.5 Å². The van der Waals surface area contributed by atoms with Crippen LogP contribution in [0, 0.1) is 17.8 Å². The van der Waals surface area contributed by atoms with Gasteiger partial charge >= 0.3 is 6.09 Å². The van der Waals surface area contributed by atoms with Gasteiger partial charge in [-0.1, -0.05) is 0 Å². The molecule has 3 atom stereocenters. The summed E-state index contributed by atoms with van der Waals surface area (Å²) in [5.74, 6) is 1.79. The van der Waals surface area contributed by atoms with Gasteiger partial charge in [-0.3, -0.25) is 9.69 Å². The molecular formula is C18H31N3O3. The number of hydrogen-bond acceptors (Lipinski definition) is 4. The first-order valence-corrected chi connectivity index (χ1v) is 9.55.